The van der Waals surface area contributed by atoms with Crippen molar-refractivity contribution in [2.24, 2.45) is 22.4 Å². The first-order valence-corrected chi connectivity index (χ1v) is 3.10. The molecule has 0 aliphatic rings. The summed E-state index contributed by atoms with van der Waals surface area (Å²) >= 11 is 0. The van der Waals surface area contributed by atoms with Crippen LogP contribution in [0.4, 0.5) is 0 Å². The Balaban J connectivity index is 3.58. The zero-order valence-electron chi connectivity index (χ0n) is 6.04. The Labute approximate surface area is 56.1 Å². The van der Waals surface area contributed by atoms with Gasteiger partial charge in [0.1, 0.15) is 0 Å². The summed E-state index contributed by atoms with van der Waals surface area (Å²) in [6.45, 7) is 2.53. The summed E-state index contributed by atoms with van der Waals surface area (Å²) in [7, 11) is 1.74. The molecule has 0 saturated carbocycles. The van der Waals surface area contributed by atoms with Gasteiger partial charge in [-0.3, -0.25) is 0 Å². The van der Waals surface area contributed by atoms with E-state index in [1.165, 1.54) is 0 Å². The van der Waals surface area contributed by atoms with E-state index in [0.717, 1.165) is 0 Å². The molecule has 0 spiro atoms. The van der Waals surface area contributed by atoms with Crippen molar-refractivity contribution in [3.05, 3.63) is 0 Å². The van der Waals surface area contributed by atoms with Gasteiger partial charge in [0.2, 0.25) is 0 Å². The van der Waals surface area contributed by atoms with Crippen LogP contribution in [0.15, 0.2) is 4.99 Å². The maximum atomic E-state index is 5.59. The lowest BCUT2D eigenvalue weighted by Crippen LogP contribution is -2.36. The molecule has 0 heterocycles. The minimum absolute atomic E-state index is 0.0497. The summed E-state index contributed by atoms with van der Waals surface area (Å²) in [4.78, 5) is 3.84. The predicted molar refractivity (Wildman–Crippen MR) is 40.6 cm³/mol. The Morgan fingerprint density at radius 2 is 2.22 bits per heavy atom. The molecule has 0 aromatic rings. The number of rotatable bonds is 3. The zero-order valence-corrected chi connectivity index (χ0v) is 6.04. The zero-order chi connectivity index (χ0) is 7.28. The number of nitrogens with two attached hydrogens (primary N) is 2. The maximum absolute atomic E-state index is 5.59. The van der Waals surface area contributed by atoms with Gasteiger partial charge in [-0.25, -0.2) is 0 Å². The monoisotopic (exact) mass is 129 g/mol. The van der Waals surface area contributed by atoms with Crippen LogP contribution in [0.2, 0.25) is 0 Å². The van der Waals surface area contributed by atoms with Crippen molar-refractivity contribution in [3.63, 3.8) is 0 Å². The van der Waals surface area contributed by atoms with E-state index >= 15 is 0 Å². The van der Waals surface area contributed by atoms with Gasteiger partial charge < -0.3 is 16.5 Å². The van der Waals surface area contributed by atoms with Crippen molar-refractivity contribution >= 4 is 6.21 Å². The molecule has 0 saturated heterocycles. The van der Waals surface area contributed by atoms with Gasteiger partial charge in [0.25, 0.3) is 0 Å². The molecule has 3 heteroatoms. The third-order valence-electron chi connectivity index (χ3n) is 1.33. The molecular formula is C6H15N3. The number of aliphatic imine (C=N–C) groups is 1. The van der Waals surface area contributed by atoms with Crippen LogP contribution in [-0.2, 0) is 0 Å². The Bertz CT molecular complexity index is 90.3. The van der Waals surface area contributed by atoms with Crippen LogP contribution in [0, 0.1) is 5.92 Å². The second-order valence-electron chi connectivity index (χ2n) is 2.17. The van der Waals surface area contributed by atoms with Crippen molar-refractivity contribution in [2.75, 3.05) is 13.6 Å². The van der Waals surface area contributed by atoms with E-state index in [2.05, 4.69) is 4.99 Å². The van der Waals surface area contributed by atoms with Crippen molar-refractivity contribution < 1.29 is 0 Å². The molecule has 54 valence electrons. The molecule has 0 aromatic heterocycles. The molecule has 0 aliphatic heterocycles. The van der Waals surface area contributed by atoms with Gasteiger partial charge in [0.05, 0.1) is 0 Å². The molecule has 0 rings (SSSR count). The van der Waals surface area contributed by atoms with Crippen LogP contribution in [0.3, 0.4) is 0 Å². The summed E-state index contributed by atoms with van der Waals surface area (Å²) in [6, 6.07) is 0.0497. The smallest absolute Gasteiger partial charge is 0.0273 e. The molecule has 3 nitrogen and oxygen atoms in total. The topological polar surface area (TPSA) is 64.4 Å². The molecule has 0 amide bonds. The Kier molecular flexibility index (Phi) is 4.26. The normalized spacial score (nSPS) is 18.2. The Morgan fingerprint density at radius 3 is 2.56 bits per heavy atom. The van der Waals surface area contributed by atoms with Gasteiger partial charge in [0.15, 0.2) is 0 Å². The fraction of sp³-hybridized carbons (Fsp3) is 0.833. The average Bonchev–Trinajstić information content (AvgIpc) is 1.87. The van der Waals surface area contributed by atoms with Crippen LogP contribution >= 0.6 is 0 Å². The van der Waals surface area contributed by atoms with E-state index in [4.69, 9.17) is 11.5 Å². The highest BCUT2D eigenvalue weighted by Gasteiger charge is 2.06. The second kappa shape index (κ2) is 4.47. The van der Waals surface area contributed by atoms with E-state index < -0.39 is 0 Å². The highest BCUT2D eigenvalue weighted by Crippen LogP contribution is 1.93. The van der Waals surface area contributed by atoms with Gasteiger partial charge >= 0.3 is 0 Å². The first-order valence-electron chi connectivity index (χ1n) is 3.10. The number of hydrogen-bond donors (Lipinski definition) is 2. The highest BCUT2D eigenvalue weighted by atomic mass is 14.7. The van der Waals surface area contributed by atoms with Crippen LogP contribution in [0.1, 0.15) is 6.92 Å². The van der Waals surface area contributed by atoms with Crippen LogP contribution in [0.25, 0.3) is 0 Å². The first-order chi connectivity index (χ1) is 4.22. The van der Waals surface area contributed by atoms with Crippen LogP contribution in [0.5, 0.6) is 0 Å². The largest absolute Gasteiger partial charge is 0.329 e. The van der Waals surface area contributed by atoms with Gasteiger partial charge in [0, 0.05) is 31.8 Å². The van der Waals surface area contributed by atoms with Crippen LogP contribution in [-0.4, -0.2) is 25.8 Å². The molecule has 0 aliphatic carbocycles. The molecule has 2 unspecified atom stereocenters. The summed E-state index contributed by atoms with van der Waals surface area (Å²) < 4.78 is 0. The SMILES string of the molecule is CN=CC(C)C(N)CN. The molecule has 4 N–H and O–H groups in total. The van der Waals surface area contributed by atoms with Crippen molar-refractivity contribution in [1.29, 1.82) is 0 Å². The van der Waals surface area contributed by atoms with Crippen LogP contribution < -0.4 is 11.5 Å². The predicted octanol–water partition coefficient (Wildman–Crippen LogP) is -0.391. The lowest BCUT2D eigenvalue weighted by Gasteiger charge is -2.11. The van der Waals surface area contributed by atoms with Crippen molar-refractivity contribution in [1.82, 2.24) is 0 Å². The second-order valence-corrected chi connectivity index (χ2v) is 2.17. The number of nitrogens with zero attached hydrogens (tertiary/aromatic N) is 1. The molecule has 0 aromatic carbocycles. The molecular weight excluding hydrogens is 114 g/mol. The maximum Gasteiger partial charge on any atom is 0.0273 e. The van der Waals surface area contributed by atoms with Gasteiger partial charge in [-0.2, -0.15) is 0 Å². The molecule has 9 heavy (non-hydrogen) atoms. The fourth-order valence-electron chi connectivity index (χ4n) is 0.560. The lowest BCUT2D eigenvalue weighted by molar-refractivity contribution is 0.582. The Morgan fingerprint density at radius 1 is 1.67 bits per heavy atom. The molecule has 0 fully saturated rings. The van der Waals surface area contributed by atoms with Crippen molar-refractivity contribution in [3.8, 4) is 0 Å². The first kappa shape index (κ1) is 8.59. The minimum atomic E-state index is 0.0497. The third kappa shape index (κ3) is 3.21. The fourth-order valence-corrected chi connectivity index (χ4v) is 0.560. The summed E-state index contributed by atoms with van der Waals surface area (Å²) in [5, 5.41) is 0. The number of hydrogen-bond acceptors (Lipinski definition) is 3. The third-order valence-corrected chi connectivity index (χ3v) is 1.33. The lowest BCUT2D eigenvalue weighted by atomic mass is 10.1. The van der Waals surface area contributed by atoms with Crippen molar-refractivity contribution in [2.45, 2.75) is 13.0 Å². The summed E-state index contributed by atoms with van der Waals surface area (Å²) in [6.07, 6.45) is 1.82. The van der Waals surface area contributed by atoms with E-state index in [-0.39, 0.29) is 6.04 Å². The van der Waals surface area contributed by atoms with E-state index in [1.54, 1.807) is 7.05 Å². The van der Waals surface area contributed by atoms with Gasteiger partial charge in [-0.1, -0.05) is 6.92 Å². The average molecular weight is 129 g/mol. The van der Waals surface area contributed by atoms with Gasteiger partial charge in [-0.05, 0) is 0 Å². The minimum Gasteiger partial charge on any atom is -0.329 e. The van der Waals surface area contributed by atoms with E-state index in [9.17, 15) is 0 Å². The van der Waals surface area contributed by atoms with E-state index in [0.29, 0.717) is 12.5 Å². The molecule has 0 radical (unpaired) electrons. The molecule has 0 bridgehead atoms. The summed E-state index contributed by atoms with van der Waals surface area (Å²) in [5.74, 6) is 0.292. The van der Waals surface area contributed by atoms with E-state index in [1.807, 2.05) is 13.1 Å². The summed E-state index contributed by atoms with van der Waals surface area (Å²) in [5.41, 5.74) is 10.9. The quantitative estimate of drug-likeness (QED) is 0.510. The van der Waals surface area contributed by atoms with Gasteiger partial charge in [-0.15, -0.1) is 0 Å². The Hall–Kier alpha value is -0.410. The standard InChI is InChI=1S/C6H15N3/c1-5(4-9-2)6(8)3-7/h4-6H,3,7-8H2,1-2H3. The highest BCUT2D eigenvalue weighted by molar-refractivity contribution is 5.60. The molecule has 2 atom stereocenters.